The lowest BCUT2D eigenvalue weighted by Crippen LogP contribution is -2.22. The van der Waals surface area contributed by atoms with Crippen LogP contribution in [-0.4, -0.2) is 37.2 Å². The van der Waals surface area contributed by atoms with Crippen molar-refractivity contribution in [2.45, 2.75) is 19.8 Å². The fourth-order valence-corrected chi connectivity index (χ4v) is 1.74. The van der Waals surface area contributed by atoms with Gasteiger partial charge >= 0.3 is 5.97 Å². The number of nitrogens with one attached hydrogen (secondary N) is 1. The maximum Gasteiger partial charge on any atom is 0.303 e. The Morgan fingerprint density at radius 3 is 2.73 bits per heavy atom. The molecule has 0 atom stereocenters. The number of hydrogen-bond acceptors (Lipinski definition) is 4. The number of carboxylic acid groups (broad SMARTS) is 1. The Morgan fingerprint density at radius 1 is 1.32 bits per heavy atom. The molecule has 0 aliphatic carbocycles. The average molecular weight is 307 g/mol. The molecule has 0 aliphatic heterocycles. The summed E-state index contributed by atoms with van der Waals surface area (Å²) >= 11 is 0. The van der Waals surface area contributed by atoms with Crippen LogP contribution in [0.1, 0.15) is 25.3 Å². The molecule has 120 valence electrons. The minimum atomic E-state index is -0.869. The van der Waals surface area contributed by atoms with Crippen molar-refractivity contribution in [1.82, 2.24) is 5.32 Å². The standard InChI is InChI=1S/C16H21NO5/c1-3-22-13-8-6-12(11-14(13)21-2)7-9-15(18)17-10-4-5-16(19)20/h6-9,11H,3-5,10H2,1-2H3,(H,17,18)(H,19,20)/b9-7+. The molecule has 0 aliphatic rings. The second-order valence-corrected chi connectivity index (χ2v) is 4.46. The van der Waals surface area contributed by atoms with E-state index in [1.165, 1.54) is 6.08 Å². The molecule has 0 spiro atoms. The summed E-state index contributed by atoms with van der Waals surface area (Å²) in [5.74, 6) is 0.121. The molecular formula is C16H21NO5. The van der Waals surface area contributed by atoms with Crippen LogP contribution < -0.4 is 14.8 Å². The molecule has 1 amide bonds. The number of amides is 1. The summed E-state index contributed by atoms with van der Waals surface area (Å²) in [5.41, 5.74) is 0.806. The summed E-state index contributed by atoms with van der Waals surface area (Å²) < 4.78 is 10.6. The van der Waals surface area contributed by atoms with Crippen LogP contribution in [0.3, 0.4) is 0 Å². The Hall–Kier alpha value is -2.50. The molecule has 0 unspecified atom stereocenters. The lowest BCUT2D eigenvalue weighted by Gasteiger charge is -2.09. The van der Waals surface area contributed by atoms with Gasteiger partial charge in [0.15, 0.2) is 11.5 Å². The number of methoxy groups -OCH3 is 1. The van der Waals surface area contributed by atoms with Gasteiger partial charge in [-0.25, -0.2) is 0 Å². The Morgan fingerprint density at radius 2 is 2.09 bits per heavy atom. The Kier molecular flexibility index (Phi) is 7.53. The van der Waals surface area contributed by atoms with Crippen molar-refractivity contribution < 1.29 is 24.2 Å². The number of benzene rings is 1. The van der Waals surface area contributed by atoms with E-state index in [-0.39, 0.29) is 12.3 Å². The quantitative estimate of drug-likeness (QED) is 0.539. The van der Waals surface area contributed by atoms with Gasteiger partial charge in [0.25, 0.3) is 0 Å². The van der Waals surface area contributed by atoms with Crippen LogP contribution in [0.5, 0.6) is 11.5 Å². The largest absolute Gasteiger partial charge is 0.493 e. The lowest BCUT2D eigenvalue weighted by molar-refractivity contribution is -0.137. The summed E-state index contributed by atoms with van der Waals surface area (Å²) in [6, 6.07) is 5.38. The third-order valence-corrected chi connectivity index (χ3v) is 2.78. The van der Waals surface area contributed by atoms with E-state index >= 15 is 0 Å². The maximum atomic E-state index is 11.6. The number of carbonyl (C=O) groups is 2. The molecule has 0 saturated heterocycles. The van der Waals surface area contributed by atoms with Gasteiger partial charge < -0.3 is 19.9 Å². The van der Waals surface area contributed by atoms with Gasteiger partial charge in [0.1, 0.15) is 0 Å². The highest BCUT2D eigenvalue weighted by molar-refractivity contribution is 5.91. The predicted molar refractivity (Wildman–Crippen MR) is 83.1 cm³/mol. The monoisotopic (exact) mass is 307 g/mol. The highest BCUT2D eigenvalue weighted by Crippen LogP contribution is 2.28. The number of ether oxygens (including phenoxy) is 2. The molecule has 1 rings (SSSR count). The first-order valence-electron chi connectivity index (χ1n) is 7.05. The number of carboxylic acids is 1. The maximum absolute atomic E-state index is 11.6. The van der Waals surface area contributed by atoms with Gasteiger partial charge in [-0.1, -0.05) is 6.07 Å². The van der Waals surface area contributed by atoms with Gasteiger partial charge in [-0.3, -0.25) is 9.59 Å². The van der Waals surface area contributed by atoms with Crippen molar-refractivity contribution in [3.05, 3.63) is 29.8 Å². The minimum absolute atomic E-state index is 0.0417. The second kappa shape index (κ2) is 9.44. The van der Waals surface area contributed by atoms with E-state index in [0.717, 1.165) is 5.56 Å². The zero-order valence-corrected chi connectivity index (χ0v) is 12.8. The van der Waals surface area contributed by atoms with Crippen molar-refractivity contribution in [3.63, 3.8) is 0 Å². The van der Waals surface area contributed by atoms with Crippen molar-refractivity contribution in [2.75, 3.05) is 20.3 Å². The van der Waals surface area contributed by atoms with Gasteiger partial charge in [0.05, 0.1) is 13.7 Å². The van der Waals surface area contributed by atoms with Crippen molar-refractivity contribution in [2.24, 2.45) is 0 Å². The van der Waals surface area contributed by atoms with Crippen LogP contribution >= 0.6 is 0 Å². The Labute approximate surface area is 129 Å². The SMILES string of the molecule is CCOc1ccc(/C=C/C(=O)NCCCC(=O)O)cc1OC. The number of hydrogen-bond donors (Lipinski definition) is 2. The van der Waals surface area contributed by atoms with Gasteiger partial charge in [-0.05, 0) is 37.1 Å². The summed E-state index contributed by atoms with van der Waals surface area (Å²) in [7, 11) is 1.56. The molecule has 0 heterocycles. The van der Waals surface area contributed by atoms with Crippen LogP contribution in [0.25, 0.3) is 6.08 Å². The molecule has 22 heavy (non-hydrogen) atoms. The van der Waals surface area contributed by atoms with E-state index < -0.39 is 5.97 Å². The first-order chi connectivity index (χ1) is 10.6. The third kappa shape index (κ3) is 6.30. The number of aliphatic carboxylic acids is 1. The molecule has 2 N–H and O–H groups in total. The highest BCUT2D eigenvalue weighted by atomic mass is 16.5. The summed E-state index contributed by atoms with van der Waals surface area (Å²) in [5, 5.41) is 11.1. The smallest absolute Gasteiger partial charge is 0.303 e. The van der Waals surface area contributed by atoms with Gasteiger partial charge in [-0.15, -0.1) is 0 Å². The fraction of sp³-hybridized carbons (Fsp3) is 0.375. The highest BCUT2D eigenvalue weighted by Gasteiger charge is 2.04. The van der Waals surface area contributed by atoms with Gasteiger partial charge in [0.2, 0.25) is 5.91 Å². The topological polar surface area (TPSA) is 84.9 Å². The molecule has 0 fully saturated rings. The van der Waals surface area contributed by atoms with Crippen molar-refractivity contribution >= 4 is 18.0 Å². The minimum Gasteiger partial charge on any atom is -0.493 e. The first kappa shape index (κ1) is 17.6. The number of rotatable bonds is 9. The second-order valence-electron chi connectivity index (χ2n) is 4.46. The molecule has 1 aromatic rings. The van der Waals surface area contributed by atoms with E-state index in [4.69, 9.17) is 14.6 Å². The molecule has 0 bridgehead atoms. The first-order valence-corrected chi connectivity index (χ1v) is 7.05. The molecule has 0 radical (unpaired) electrons. The van der Waals surface area contributed by atoms with E-state index in [9.17, 15) is 9.59 Å². The zero-order valence-electron chi connectivity index (χ0n) is 12.8. The summed E-state index contributed by atoms with van der Waals surface area (Å²) in [6.45, 7) is 2.77. The van der Waals surface area contributed by atoms with Crippen LogP contribution in [0.15, 0.2) is 24.3 Å². The molecule has 6 heteroatoms. The molecule has 6 nitrogen and oxygen atoms in total. The van der Waals surface area contributed by atoms with E-state index in [1.54, 1.807) is 25.3 Å². The lowest BCUT2D eigenvalue weighted by atomic mass is 10.2. The average Bonchev–Trinajstić information content (AvgIpc) is 2.50. The molecule has 1 aromatic carbocycles. The van der Waals surface area contributed by atoms with Gasteiger partial charge in [-0.2, -0.15) is 0 Å². The molecule has 0 aromatic heterocycles. The molecule has 0 saturated carbocycles. The van der Waals surface area contributed by atoms with E-state index in [2.05, 4.69) is 5.32 Å². The Bertz CT molecular complexity index is 539. The number of carbonyl (C=O) groups excluding carboxylic acids is 1. The van der Waals surface area contributed by atoms with Crippen LogP contribution in [0.4, 0.5) is 0 Å². The Balaban J connectivity index is 2.54. The summed E-state index contributed by atoms with van der Waals surface area (Å²) in [4.78, 5) is 21.9. The van der Waals surface area contributed by atoms with Crippen LogP contribution in [0.2, 0.25) is 0 Å². The van der Waals surface area contributed by atoms with Crippen molar-refractivity contribution in [3.8, 4) is 11.5 Å². The fourth-order valence-electron chi connectivity index (χ4n) is 1.74. The van der Waals surface area contributed by atoms with E-state index in [0.29, 0.717) is 31.1 Å². The predicted octanol–water partition coefficient (Wildman–Crippen LogP) is 2.09. The third-order valence-electron chi connectivity index (χ3n) is 2.78. The normalized spacial score (nSPS) is 10.5. The summed E-state index contributed by atoms with van der Waals surface area (Å²) in [6.07, 6.45) is 3.51. The van der Waals surface area contributed by atoms with E-state index in [1.807, 2.05) is 13.0 Å². The van der Waals surface area contributed by atoms with Gasteiger partial charge in [0, 0.05) is 19.0 Å². The van der Waals surface area contributed by atoms with Crippen LogP contribution in [-0.2, 0) is 9.59 Å². The van der Waals surface area contributed by atoms with Crippen LogP contribution in [0, 0.1) is 0 Å². The van der Waals surface area contributed by atoms with Crippen molar-refractivity contribution in [1.29, 1.82) is 0 Å². The molecular weight excluding hydrogens is 286 g/mol. The zero-order chi connectivity index (χ0) is 16.4.